The van der Waals surface area contributed by atoms with E-state index in [9.17, 15) is 9.59 Å². The van der Waals surface area contributed by atoms with Crippen molar-refractivity contribution in [1.82, 2.24) is 10.2 Å². The molecule has 2 unspecified atom stereocenters. The molecule has 0 saturated carbocycles. The quantitative estimate of drug-likeness (QED) is 0.769. The number of amides is 1. The van der Waals surface area contributed by atoms with E-state index in [1.165, 1.54) is 4.90 Å². The van der Waals surface area contributed by atoms with Crippen LogP contribution in [0.25, 0.3) is 0 Å². The first-order chi connectivity index (χ1) is 9.95. The summed E-state index contributed by atoms with van der Waals surface area (Å²) < 4.78 is 0. The predicted molar refractivity (Wildman–Crippen MR) is 82.0 cm³/mol. The molecule has 1 rings (SSSR count). The summed E-state index contributed by atoms with van der Waals surface area (Å²) in [4.78, 5) is 24.5. The van der Waals surface area contributed by atoms with E-state index in [2.05, 4.69) is 12.2 Å². The van der Waals surface area contributed by atoms with Crippen molar-refractivity contribution >= 4 is 11.9 Å². The Morgan fingerprint density at radius 1 is 1.29 bits per heavy atom. The number of nitrogens with one attached hydrogen (secondary N) is 1. The third-order valence-corrected chi connectivity index (χ3v) is 3.53. The van der Waals surface area contributed by atoms with Crippen LogP contribution < -0.4 is 5.32 Å². The molecule has 0 aliphatic carbocycles. The summed E-state index contributed by atoms with van der Waals surface area (Å²) in [6.07, 6.45) is 1.81. The highest BCUT2D eigenvalue weighted by Gasteiger charge is 2.20. The fourth-order valence-electron chi connectivity index (χ4n) is 2.09. The van der Waals surface area contributed by atoms with Gasteiger partial charge in [0.25, 0.3) is 0 Å². The Morgan fingerprint density at radius 2 is 1.90 bits per heavy atom. The maximum absolute atomic E-state index is 12.1. The number of hydrogen-bond donors (Lipinski definition) is 2. The van der Waals surface area contributed by atoms with Gasteiger partial charge in [-0.1, -0.05) is 43.7 Å². The molecule has 1 amide bonds. The van der Waals surface area contributed by atoms with E-state index in [1.807, 2.05) is 30.3 Å². The van der Waals surface area contributed by atoms with E-state index >= 15 is 0 Å². The molecular weight excluding hydrogens is 268 g/mol. The number of carboxylic acid groups (broad SMARTS) is 1. The minimum Gasteiger partial charge on any atom is -0.480 e. The fourth-order valence-corrected chi connectivity index (χ4v) is 2.09. The molecule has 21 heavy (non-hydrogen) atoms. The molecule has 0 aliphatic heterocycles. The number of rotatable bonds is 8. The number of carboxylic acids is 1. The molecule has 0 radical (unpaired) electrons. The van der Waals surface area contributed by atoms with Crippen LogP contribution in [0.3, 0.4) is 0 Å². The highest BCUT2D eigenvalue weighted by Crippen LogP contribution is 2.17. The van der Waals surface area contributed by atoms with E-state index in [0.29, 0.717) is 0 Å². The fraction of sp³-hybridized carbons (Fsp3) is 0.500. The second-order valence-corrected chi connectivity index (χ2v) is 5.25. The zero-order valence-corrected chi connectivity index (χ0v) is 12.9. The lowest BCUT2D eigenvalue weighted by Gasteiger charge is -2.23. The summed E-state index contributed by atoms with van der Waals surface area (Å²) in [7, 11) is 1.63. The van der Waals surface area contributed by atoms with Gasteiger partial charge < -0.3 is 10.4 Å². The molecule has 0 aromatic heterocycles. The second-order valence-electron chi connectivity index (χ2n) is 5.25. The summed E-state index contributed by atoms with van der Waals surface area (Å²) in [5.41, 5.74) is 1.07. The highest BCUT2D eigenvalue weighted by molar-refractivity contribution is 5.80. The second kappa shape index (κ2) is 8.42. The molecule has 116 valence electrons. The molecule has 2 N–H and O–H groups in total. The minimum absolute atomic E-state index is 0.0303. The van der Waals surface area contributed by atoms with Gasteiger partial charge in [-0.3, -0.25) is 14.5 Å². The smallest absolute Gasteiger partial charge is 0.320 e. The minimum atomic E-state index is -0.932. The summed E-state index contributed by atoms with van der Waals surface area (Å²) in [5, 5.41) is 11.9. The molecule has 1 aromatic rings. The van der Waals surface area contributed by atoms with Crippen LogP contribution in [0.2, 0.25) is 0 Å². The lowest BCUT2D eigenvalue weighted by atomic mass is 10.0. The molecular formula is C16H24N2O3. The van der Waals surface area contributed by atoms with Crippen LogP contribution in [-0.4, -0.2) is 41.5 Å². The molecule has 5 heteroatoms. The number of carbonyl (C=O) groups excluding carboxylic acids is 1. The molecule has 0 bridgehead atoms. The SMILES string of the molecule is CCCC(NC(=O)CN(C)C(C)C(=O)O)c1ccccc1. The van der Waals surface area contributed by atoms with E-state index < -0.39 is 12.0 Å². The van der Waals surface area contributed by atoms with E-state index in [1.54, 1.807) is 14.0 Å². The van der Waals surface area contributed by atoms with Gasteiger partial charge in [-0.05, 0) is 26.0 Å². The Hall–Kier alpha value is -1.88. The third-order valence-electron chi connectivity index (χ3n) is 3.53. The van der Waals surface area contributed by atoms with E-state index in [4.69, 9.17) is 5.11 Å². The number of benzene rings is 1. The largest absolute Gasteiger partial charge is 0.480 e. The van der Waals surface area contributed by atoms with Crippen LogP contribution in [0.1, 0.15) is 38.3 Å². The van der Waals surface area contributed by atoms with Crippen LogP contribution >= 0.6 is 0 Å². The zero-order chi connectivity index (χ0) is 15.8. The molecule has 0 spiro atoms. The Balaban J connectivity index is 2.63. The topological polar surface area (TPSA) is 69.6 Å². The van der Waals surface area contributed by atoms with Gasteiger partial charge in [-0.2, -0.15) is 0 Å². The van der Waals surface area contributed by atoms with Gasteiger partial charge in [0.05, 0.1) is 12.6 Å². The number of nitrogens with zero attached hydrogens (tertiary/aromatic N) is 1. The van der Waals surface area contributed by atoms with Crippen LogP contribution in [0.4, 0.5) is 0 Å². The van der Waals surface area contributed by atoms with Gasteiger partial charge in [0.15, 0.2) is 0 Å². The first-order valence-electron chi connectivity index (χ1n) is 7.23. The van der Waals surface area contributed by atoms with Crippen LogP contribution in [0.15, 0.2) is 30.3 Å². The molecule has 5 nitrogen and oxygen atoms in total. The Kier molecular flexibility index (Phi) is 6.88. The summed E-state index contributed by atoms with van der Waals surface area (Å²) >= 11 is 0. The molecule has 0 heterocycles. The number of aliphatic carboxylic acids is 1. The Morgan fingerprint density at radius 3 is 2.43 bits per heavy atom. The van der Waals surface area contributed by atoms with Crippen molar-refractivity contribution in [1.29, 1.82) is 0 Å². The van der Waals surface area contributed by atoms with Gasteiger partial charge in [-0.15, -0.1) is 0 Å². The van der Waals surface area contributed by atoms with Crippen LogP contribution in [0.5, 0.6) is 0 Å². The van der Waals surface area contributed by atoms with Gasteiger partial charge in [0.2, 0.25) is 5.91 Å². The molecule has 0 saturated heterocycles. The van der Waals surface area contributed by atoms with Crippen molar-refractivity contribution in [3.8, 4) is 0 Å². The average Bonchev–Trinajstić information content (AvgIpc) is 2.46. The predicted octanol–water partition coefficient (Wildman–Crippen LogP) is 2.05. The number of hydrogen-bond acceptors (Lipinski definition) is 3. The number of likely N-dealkylation sites (N-methyl/N-ethyl adjacent to an activating group) is 1. The molecule has 0 fully saturated rings. The van der Waals surface area contributed by atoms with Crippen molar-refractivity contribution in [2.75, 3.05) is 13.6 Å². The summed E-state index contributed by atoms with van der Waals surface area (Å²) in [5.74, 6) is -1.09. The van der Waals surface area contributed by atoms with Crippen molar-refractivity contribution in [2.24, 2.45) is 0 Å². The molecule has 2 atom stereocenters. The van der Waals surface area contributed by atoms with Gasteiger partial charge in [-0.25, -0.2) is 0 Å². The highest BCUT2D eigenvalue weighted by atomic mass is 16.4. The van der Waals surface area contributed by atoms with Crippen molar-refractivity contribution in [3.05, 3.63) is 35.9 Å². The van der Waals surface area contributed by atoms with Gasteiger partial charge >= 0.3 is 5.97 Å². The molecule has 1 aromatic carbocycles. The van der Waals surface area contributed by atoms with Gasteiger partial charge in [0.1, 0.15) is 6.04 Å². The van der Waals surface area contributed by atoms with Crippen LogP contribution in [0, 0.1) is 0 Å². The first-order valence-corrected chi connectivity index (χ1v) is 7.23. The zero-order valence-electron chi connectivity index (χ0n) is 12.9. The first kappa shape index (κ1) is 17.2. The van der Waals surface area contributed by atoms with Crippen molar-refractivity contribution in [3.63, 3.8) is 0 Å². The van der Waals surface area contributed by atoms with Crippen molar-refractivity contribution < 1.29 is 14.7 Å². The van der Waals surface area contributed by atoms with E-state index in [-0.39, 0.29) is 18.5 Å². The monoisotopic (exact) mass is 292 g/mol. The maximum Gasteiger partial charge on any atom is 0.320 e. The maximum atomic E-state index is 12.1. The lowest BCUT2D eigenvalue weighted by Crippen LogP contribution is -2.43. The molecule has 0 aliphatic rings. The number of carbonyl (C=O) groups is 2. The third kappa shape index (κ3) is 5.55. The Labute approximate surface area is 126 Å². The normalized spacial score (nSPS) is 13.7. The summed E-state index contributed by atoms with van der Waals surface area (Å²) in [6, 6.07) is 9.10. The van der Waals surface area contributed by atoms with Crippen molar-refractivity contribution in [2.45, 2.75) is 38.8 Å². The van der Waals surface area contributed by atoms with E-state index in [0.717, 1.165) is 18.4 Å². The van der Waals surface area contributed by atoms with Gasteiger partial charge in [0, 0.05) is 0 Å². The van der Waals surface area contributed by atoms with Crippen LogP contribution in [-0.2, 0) is 9.59 Å². The lowest BCUT2D eigenvalue weighted by molar-refractivity contribution is -0.142. The summed E-state index contributed by atoms with van der Waals surface area (Å²) in [6.45, 7) is 3.71. The Bertz CT molecular complexity index is 462. The standard InChI is InChI=1S/C16H24N2O3/c1-4-8-14(13-9-6-5-7-10-13)17-15(19)11-18(3)12(2)16(20)21/h5-7,9-10,12,14H,4,8,11H2,1-3H3,(H,17,19)(H,20,21). The average molecular weight is 292 g/mol.